The van der Waals surface area contributed by atoms with Gasteiger partial charge in [-0.2, -0.15) is 18.3 Å². The molecule has 12 heavy (non-hydrogen) atoms. The van der Waals surface area contributed by atoms with E-state index in [0.717, 1.165) is 6.07 Å². The third kappa shape index (κ3) is 1.76. The van der Waals surface area contributed by atoms with Crippen molar-refractivity contribution in [3.05, 3.63) is 17.5 Å². The number of aromatic amines is 1. The number of aryl methyl sites for hydroxylation is 1. The normalized spacial score (nSPS) is 14.8. The summed E-state index contributed by atoms with van der Waals surface area (Å²) in [7, 11) is 0. The molecule has 0 spiro atoms. The van der Waals surface area contributed by atoms with E-state index in [1.165, 1.54) is 0 Å². The minimum Gasteiger partial charge on any atom is -0.378 e. The molecule has 6 heteroatoms. The maximum atomic E-state index is 11.8. The molecule has 1 heterocycles. The lowest BCUT2D eigenvalue weighted by Gasteiger charge is -2.10. The van der Waals surface area contributed by atoms with Gasteiger partial charge in [0.15, 0.2) is 6.10 Å². The molecular formula is C6H7F3N2O. The van der Waals surface area contributed by atoms with Gasteiger partial charge in [0.05, 0.1) is 0 Å². The van der Waals surface area contributed by atoms with Crippen molar-refractivity contribution in [2.24, 2.45) is 0 Å². The van der Waals surface area contributed by atoms with Crippen molar-refractivity contribution in [3.63, 3.8) is 0 Å². The van der Waals surface area contributed by atoms with Crippen molar-refractivity contribution in [2.45, 2.75) is 19.2 Å². The molecule has 0 saturated carbocycles. The predicted molar refractivity (Wildman–Crippen MR) is 34.3 cm³/mol. The number of aliphatic hydroxyl groups excluding tert-OH is 1. The summed E-state index contributed by atoms with van der Waals surface area (Å²) < 4.78 is 35.5. The second-order valence-electron chi connectivity index (χ2n) is 2.42. The first-order valence-electron chi connectivity index (χ1n) is 3.18. The Morgan fingerprint density at radius 2 is 2.17 bits per heavy atom. The van der Waals surface area contributed by atoms with Gasteiger partial charge in [-0.15, -0.1) is 0 Å². The molecule has 0 fully saturated rings. The number of alkyl halides is 3. The van der Waals surface area contributed by atoms with E-state index >= 15 is 0 Å². The summed E-state index contributed by atoms with van der Waals surface area (Å²) in [4.78, 5) is 0. The molecule has 0 aliphatic rings. The van der Waals surface area contributed by atoms with E-state index in [2.05, 4.69) is 10.2 Å². The number of nitrogens with zero attached hydrogens (tertiary/aromatic N) is 1. The summed E-state index contributed by atoms with van der Waals surface area (Å²) in [6, 6.07) is 1.15. The van der Waals surface area contributed by atoms with E-state index in [1.54, 1.807) is 6.92 Å². The fraction of sp³-hybridized carbons (Fsp3) is 0.500. The van der Waals surface area contributed by atoms with Crippen LogP contribution in [-0.4, -0.2) is 21.5 Å². The number of aliphatic hydroxyl groups is 1. The zero-order valence-corrected chi connectivity index (χ0v) is 6.18. The van der Waals surface area contributed by atoms with E-state index in [4.69, 9.17) is 5.11 Å². The van der Waals surface area contributed by atoms with E-state index in [0.29, 0.717) is 5.69 Å². The zero-order valence-electron chi connectivity index (χ0n) is 6.18. The minimum atomic E-state index is -4.65. The highest BCUT2D eigenvalue weighted by molar-refractivity contribution is 5.10. The van der Waals surface area contributed by atoms with Crippen molar-refractivity contribution in [1.82, 2.24) is 10.2 Å². The maximum Gasteiger partial charge on any atom is 0.420 e. The van der Waals surface area contributed by atoms with Gasteiger partial charge in [-0.3, -0.25) is 5.10 Å². The first kappa shape index (κ1) is 9.05. The standard InChI is InChI=1S/C6H7F3N2O/c1-3-2-4(11-10-3)5(12)6(7,8)9/h2,5,12H,1H3,(H,10,11)/t5-/m0/s1. The largest absolute Gasteiger partial charge is 0.420 e. The lowest BCUT2D eigenvalue weighted by atomic mass is 10.2. The molecule has 1 aromatic heterocycles. The number of halogens is 3. The quantitative estimate of drug-likeness (QED) is 0.684. The zero-order chi connectivity index (χ0) is 9.35. The molecule has 0 aliphatic carbocycles. The summed E-state index contributed by atoms with van der Waals surface area (Å²) in [5, 5.41) is 14.3. The highest BCUT2D eigenvalue weighted by Gasteiger charge is 2.40. The first-order valence-corrected chi connectivity index (χ1v) is 3.18. The Labute approximate surface area is 66.2 Å². The lowest BCUT2D eigenvalue weighted by molar-refractivity contribution is -0.207. The van der Waals surface area contributed by atoms with Crippen LogP contribution < -0.4 is 0 Å². The Morgan fingerprint density at radius 1 is 1.58 bits per heavy atom. The highest BCUT2D eigenvalue weighted by Crippen LogP contribution is 2.31. The molecule has 1 rings (SSSR count). The highest BCUT2D eigenvalue weighted by atomic mass is 19.4. The fourth-order valence-corrected chi connectivity index (χ4v) is 0.747. The molecule has 1 aromatic rings. The van der Waals surface area contributed by atoms with Gasteiger partial charge in [0.25, 0.3) is 0 Å². The van der Waals surface area contributed by atoms with E-state index < -0.39 is 18.0 Å². The molecule has 0 radical (unpaired) electrons. The van der Waals surface area contributed by atoms with Crippen molar-refractivity contribution < 1.29 is 18.3 Å². The van der Waals surface area contributed by atoms with Crippen LogP contribution >= 0.6 is 0 Å². The number of nitrogens with one attached hydrogen (secondary N) is 1. The Kier molecular flexibility index (Phi) is 2.10. The number of hydrogen-bond donors (Lipinski definition) is 2. The predicted octanol–water partition coefficient (Wildman–Crippen LogP) is 1.31. The van der Waals surface area contributed by atoms with Crippen molar-refractivity contribution in [2.75, 3.05) is 0 Å². The molecule has 0 bridgehead atoms. The van der Waals surface area contributed by atoms with Crippen molar-refractivity contribution in [1.29, 1.82) is 0 Å². The molecule has 0 amide bonds. The molecule has 0 unspecified atom stereocenters. The van der Waals surface area contributed by atoms with Crippen LogP contribution in [0.4, 0.5) is 13.2 Å². The summed E-state index contributed by atoms with van der Waals surface area (Å²) in [5.41, 5.74) is 0.0771. The number of aromatic nitrogens is 2. The van der Waals surface area contributed by atoms with Crippen LogP contribution in [-0.2, 0) is 0 Å². The van der Waals surface area contributed by atoms with E-state index in [9.17, 15) is 13.2 Å². The molecule has 68 valence electrons. The monoisotopic (exact) mass is 180 g/mol. The van der Waals surface area contributed by atoms with Crippen molar-refractivity contribution in [3.8, 4) is 0 Å². The van der Waals surface area contributed by atoms with Gasteiger partial charge in [-0.25, -0.2) is 0 Å². The Bertz CT molecular complexity index is 268. The van der Waals surface area contributed by atoms with Gasteiger partial charge >= 0.3 is 6.18 Å². The van der Waals surface area contributed by atoms with E-state index in [-0.39, 0.29) is 0 Å². The third-order valence-corrected chi connectivity index (χ3v) is 1.32. The average Bonchev–Trinajstić information content (AvgIpc) is 2.32. The van der Waals surface area contributed by atoms with Crippen LogP contribution in [0.1, 0.15) is 17.5 Å². The molecule has 1 atom stereocenters. The molecule has 0 aliphatic heterocycles. The van der Waals surface area contributed by atoms with Gasteiger partial charge in [0, 0.05) is 5.69 Å². The van der Waals surface area contributed by atoms with Crippen LogP contribution in [0.5, 0.6) is 0 Å². The third-order valence-electron chi connectivity index (χ3n) is 1.32. The molecule has 0 saturated heterocycles. The second kappa shape index (κ2) is 2.78. The molecule has 3 nitrogen and oxygen atoms in total. The van der Waals surface area contributed by atoms with Crippen LogP contribution in [0, 0.1) is 6.92 Å². The lowest BCUT2D eigenvalue weighted by Crippen LogP contribution is -2.20. The Hall–Kier alpha value is -1.04. The van der Waals surface area contributed by atoms with Gasteiger partial charge < -0.3 is 5.11 Å². The summed E-state index contributed by atoms with van der Waals surface area (Å²) in [5.74, 6) is 0. The SMILES string of the molecule is Cc1cc([C@H](O)C(F)(F)F)n[nH]1. The molecule has 2 N–H and O–H groups in total. The van der Waals surface area contributed by atoms with Crippen LogP contribution in [0.15, 0.2) is 6.07 Å². The maximum absolute atomic E-state index is 11.8. The molecule has 0 aromatic carbocycles. The fourth-order valence-electron chi connectivity index (χ4n) is 0.747. The summed E-state index contributed by atoms with van der Waals surface area (Å²) in [6.07, 6.45) is -7.15. The van der Waals surface area contributed by atoms with Gasteiger partial charge in [-0.05, 0) is 13.0 Å². The number of H-pyrrole nitrogens is 1. The number of rotatable bonds is 1. The Morgan fingerprint density at radius 3 is 2.50 bits per heavy atom. The average molecular weight is 180 g/mol. The van der Waals surface area contributed by atoms with Crippen LogP contribution in [0.3, 0.4) is 0 Å². The summed E-state index contributed by atoms with van der Waals surface area (Å²) >= 11 is 0. The van der Waals surface area contributed by atoms with Crippen molar-refractivity contribution >= 4 is 0 Å². The Balaban J connectivity index is 2.85. The number of hydrogen-bond acceptors (Lipinski definition) is 2. The first-order chi connectivity index (χ1) is 5.41. The smallest absolute Gasteiger partial charge is 0.378 e. The van der Waals surface area contributed by atoms with Gasteiger partial charge in [0.1, 0.15) is 5.69 Å². The van der Waals surface area contributed by atoms with Gasteiger partial charge in [0.2, 0.25) is 0 Å². The minimum absolute atomic E-state index is 0.403. The summed E-state index contributed by atoms with van der Waals surface area (Å²) in [6.45, 7) is 1.56. The second-order valence-corrected chi connectivity index (χ2v) is 2.42. The van der Waals surface area contributed by atoms with E-state index in [1.807, 2.05) is 0 Å². The topological polar surface area (TPSA) is 48.9 Å². The van der Waals surface area contributed by atoms with Gasteiger partial charge in [-0.1, -0.05) is 0 Å². The van der Waals surface area contributed by atoms with Crippen LogP contribution in [0.2, 0.25) is 0 Å². The van der Waals surface area contributed by atoms with Crippen LogP contribution in [0.25, 0.3) is 0 Å². The molecular weight excluding hydrogens is 173 g/mol.